The van der Waals surface area contributed by atoms with Gasteiger partial charge in [-0.1, -0.05) is 0 Å². The van der Waals surface area contributed by atoms with Crippen molar-refractivity contribution in [3.8, 4) is 0 Å². The molecule has 0 amide bonds. The maximum Gasteiger partial charge on any atom is 0.156 e. The molecule has 2 atom stereocenters. The van der Waals surface area contributed by atoms with Crippen LogP contribution in [-0.2, 0) is 22.4 Å². The summed E-state index contributed by atoms with van der Waals surface area (Å²) in [6.45, 7) is 2.18. The Morgan fingerprint density at radius 3 is 1.68 bits per heavy atom. The maximum atomic E-state index is 12.0. The fourth-order valence-electron chi connectivity index (χ4n) is 5.41. The van der Waals surface area contributed by atoms with Crippen LogP contribution in [0.1, 0.15) is 66.6 Å². The number of ketones is 2. The fourth-order valence-corrected chi connectivity index (χ4v) is 5.41. The standard InChI is InChI=1S/C22H23NO2/c1-12-21-17-10-15(24)6-2-13(17)4-8-19(21)23-20-9-5-14-3-7-16(25)11-18(14)22(12)20/h10-11,13-14H,2-9H2,1H3. The molecule has 0 spiro atoms. The molecular formula is C22H23NO2. The molecule has 0 aromatic carbocycles. The maximum absolute atomic E-state index is 12.0. The molecule has 4 aliphatic carbocycles. The molecule has 0 saturated carbocycles. The number of aryl methyl sites for hydroxylation is 2. The predicted molar refractivity (Wildman–Crippen MR) is 97.0 cm³/mol. The first-order valence-corrected chi connectivity index (χ1v) is 9.63. The summed E-state index contributed by atoms with van der Waals surface area (Å²) in [4.78, 5) is 29.1. The molecule has 0 radical (unpaired) electrons. The summed E-state index contributed by atoms with van der Waals surface area (Å²) in [7, 11) is 0. The van der Waals surface area contributed by atoms with E-state index in [1.54, 1.807) is 0 Å². The van der Waals surface area contributed by atoms with Gasteiger partial charge in [-0.3, -0.25) is 14.6 Å². The quantitative estimate of drug-likeness (QED) is 0.721. The molecule has 3 heteroatoms. The Bertz CT molecular complexity index is 806. The Hall–Kier alpha value is -2.03. The van der Waals surface area contributed by atoms with Gasteiger partial charge in [0.1, 0.15) is 0 Å². The van der Waals surface area contributed by atoms with Crippen LogP contribution < -0.4 is 0 Å². The van der Waals surface area contributed by atoms with Crippen LogP contribution in [0.4, 0.5) is 0 Å². The van der Waals surface area contributed by atoms with Crippen molar-refractivity contribution in [3.05, 3.63) is 40.2 Å². The summed E-state index contributed by atoms with van der Waals surface area (Å²) in [6, 6.07) is 0. The lowest BCUT2D eigenvalue weighted by Gasteiger charge is -2.36. The van der Waals surface area contributed by atoms with E-state index in [1.165, 1.54) is 39.2 Å². The average Bonchev–Trinajstić information content (AvgIpc) is 2.60. The first-order chi connectivity index (χ1) is 12.1. The lowest BCUT2D eigenvalue weighted by molar-refractivity contribution is -0.115. The third-order valence-corrected chi connectivity index (χ3v) is 6.62. The number of allylic oxidation sites excluding steroid dienone is 4. The third-order valence-electron chi connectivity index (χ3n) is 6.62. The lowest BCUT2D eigenvalue weighted by atomic mass is 9.70. The monoisotopic (exact) mass is 333 g/mol. The molecule has 1 heterocycles. The minimum atomic E-state index is 0.251. The van der Waals surface area contributed by atoms with Crippen LogP contribution in [0, 0.1) is 18.8 Å². The number of rotatable bonds is 0. The van der Waals surface area contributed by atoms with Gasteiger partial charge in [0.15, 0.2) is 11.6 Å². The minimum Gasteiger partial charge on any atom is -0.295 e. The number of aromatic nitrogens is 1. The average molecular weight is 333 g/mol. The van der Waals surface area contributed by atoms with Crippen molar-refractivity contribution in [2.45, 2.75) is 58.3 Å². The fraction of sp³-hybridized carbons (Fsp3) is 0.500. The molecule has 4 aliphatic rings. The van der Waals surface area contributed by atoms with E-state index in [-0.39, 0.29) is 11.6 Å². The van der Waals surface area contributed by atoms with E-state index in [9.17, 15) is 9.59 Å². The molecule has 1 aromatic rings. The normalized spacial score (nSPS) is 27.6. The Kier molecular flexibility index (Phi) is 3.34. The van der Waals surface area contributed by atoms with Crippen LogP contribution in [0.25, 0.3) is 11.1 Å². The van der Waals surface area contributed by atoms with Gasteiger partial charge in [0.2, 0.25) is 0 Å². The van der Waals surface area contributed by atoms with E-state index in [2.05, 4.69) is 6.92 Å². The molecule has 2 unspecified atom stereocenters. The highest BCUT2D eigenvalue weighted by atomic mass is 16.1. The SMILES string of the molecule is Cc1c2c(nc3c1C1=CC(=O)CCC1CC3)CCC1CCC(=O)C=C21. The van der Waals surface area contributed by atoms with Crippen molar-refractivity contribution in [1.82, 2.24) is 4.98 Å². The Labute approximate surface area is 148 Å². The number of hydrogen-bond acceptors (Lipinski definition) is 3. The van der Waals surface area contributed by atoms with E-state index in [1.807, 2.05) is 12.2 Å². The number of pyridine rings is 1. The number of hydrogen-bond donors (Lipinski definition) is 0. The summed E-state index contributed by atoms with van der Waals surface area (Å²) in [6.07, 6.45) is 11.3. The smallest absolute Gasteiger partial charge is 0.156 e. The largest absolute Gasteiger partial charge is 0.295 e. The first kappa shape index (κ1) is 15.2. The Morgan fingerprint density at radius 1 is 0.760 bits per heavy atom. The van der Waals surface area contributed by atoms with Crippen LogP contribution in [0.3, 0.4) is 0 Å². The van der Waals surface area contributed by atoms with Gasteiger partial charge in [0.25, 0.3) is 0 Å². The van der Waals surface area contributed by atoms with Crippen LogP contribution in [0.15, 0.2) is 12.2 Å². The van der Waals surface area contributed by atoms with Gasteiger partial charge in [-0.25, -0.2) is 0 Å². The predicted octanol–water partition coefficient (Wildman–Crippen LogP) is 4.01. The van der Waals surface area contributed by atoms with Crippen molar-refractivity contribution < 1.29 is 9.59 Å². The molecule has 0 N–H and O–H groups in total. The van der Waals surface area contributed by atoms with Gasteiger partial charge in [-0.15, -0.1) is 0 Å². The number of carbonyl (C=O) groups is 2. The molecule has 128 valence electrons. The molecule has 1 aromatic heterocycles. The Morgan fingerprint density at radius 2 is 1.20 bits per heavy atom. The van der Waals surface area contributed by atoms with E-state index in [0.717, 1.165) is 38.5 Å². The summed E-state index contributed by atoms with van der Waals surface area (Å²) >= 11 is 0. The molecule has 0 fully saturated rings. The molecule has 5 rings (SSSR count). The number of nitrogens with zero attached hydrogens (tertiary/aromatic N) is 1. The van der Waals surface area contributed by atoms with Crippen molar-refractivity contribution >= 4 is 22.7 Å². The van der Waals surface area contributed by atoms with Crippen LogP contribution in [0.2, 0.25) is 0 Å². The van der Waals surface area contributed by atoms with Gasteiger partial charge in [-0.2, -0.15) is 0 Å². The molecule has 0 aliphatic heterocycles. The van der Waals surface area contributed by atoms with Crippen LogP contribution in [-0.4, -0.2) is 16.6 Å². The minimum absolute atomic E-state index is 0.251. The second-order valence-corrected chi connectivity index (χ2v) is 8.06. The molecular weight excluding hydrogens is 310 g/mol. The molecule has 0 saturated heterocycles. The second kappa shape index (κ2) is 5.48. The first-order valence-electron chi connectivity index (χ1n) is 9.63. The third kappa shape index (κ3) is 2.28. The van der Waals surface area contributed by atoms with Gasteiger partial charge >= 0.3 is 0 Å². The zero-order chi connectivity index (χ0) is 17.1. The topological polar surface area (TPSA) is 47.0 Å². The van der Waals surface area contributed by atoms with Crippen molar-refractivity contribution in [1.29, 1.82) is 0 Å². The highest BCUT2D eigenvalue weighted by Gasteiger charge is 2.35. The van der Waals surface area contributed by atoms with E-state index >= 15 is 0 Å². The van der Waals surface area contributed by atoms with Gasteiger partial charge in [-0.05, 0) is 86.1 Å². The highest BCUT2D eigenvalue weighted by Crippen LogP contribution is 2.47. The van der Waals surface area contributed by atoms with E-state index < -0.39 is 0 Å². The molecule has 25 heavy (non-hydrogen) atoms. The van der Waals surface area contributed by atoms with Gasteiger partial charge < -0.3 is 0 Å². The van der Waals surface area contributed by atoms with E-state index in [0.29, 0.717) is 24.7 Å². The Balaban J connectivity index is 1.74. The summed E-state index contributed by atoms with van der Waals surface area (Å²) in [5.41, 5.74) is 8.50. The van der Waals surface area contributed by atoms with Crippen molar-refractivity contribution in [2.24, 2.45) is 11.8 Å². The number of carbonyl (C=O) groups excluding carboxylic acids is 2. The number of fused-ring (bicyclic) bond motifs is 6. The second-order valence-electron chi connectivity index (χ2n) is 8.06. The van der Waals surface area contributed by atoms with Gasteiger partial charge in [0, 0.05) is 35.4 Å². The zero-order valence-corrected chi connectivity index (χ0v) is 14.7. The van der Waals surface area contributed by atoms with Crippen LogP contribution >= 0.6 is 0 Å². The van der Waals surface area contributed by atoms with E-state index in [4.69, 9.17) is 4.98 Å². The summed E-state index contributed by atoms with van der Waals surface area (Å²) < 4.78 is 0. The molecule has 0 bridgehead atoms. The summed E-state index contributed by atoms with van der Waals surface area (Å²) in [5, 5.41) is 0. The zero-order valence-electron chi connectivity index (χ0n) is 14.7. The highest BCUT2D eigenvalue weighted by molar-refractivity contribution is 6.02. The van der Waals surface area contributed by atoms with Crippen molar-refractivity contribution in [3.63, 3.8) is 0 Å². The van der Waals surface area contributed by atoms with Crippen LogP contribution in [0.5, 0.6) is 0 Å². The summed E-state index contributed by atoms with van der Waals surface area (Å²) in [5.74, 6) is 1.51. The lowest BCUT2D eigenvalue weighted by Crippen LogP contribution is -2.26. The van der Waals surface area contributed by atoms with Gasteiger partial charge in [0.05, 0.1) is 0 Å². The molecule has 3 nitrogen and oxygen atoms in total. The van der Waals surface area contributed by atoms with Crippen molar-refractivity contribution in [2.75, 3.05) is 0 Å².